The van der Waals surface area contributed by atoms with Gasteiger partial charge in [-0.15, -0.1) is 0 Å². The number of nitrogens with zero attached hydrogens (tertiary/aromatic N) is 2. The molecular formula is C26H44N2O3Si. The van der Waals surface area contributed by atoms with E-state index >= 15 is 0 Å². The average molecular weight is 461 g/mol. The van der Waals surface area contributed by atoms with Gasteiger partial charge in [0.1, 0.15) is 19.8 Å². The molecule has 3 saturated carbocycles. The second-order valence-electron chi connectivity index (χ2n) is 12.2. The first-order chi connectivity index (χ1) is 15.0. The highest BCUT2D eigenvalue weighted by Crippen LogP contribution is 2.68. The fourth-order valence-corrected chi connectivity index (χ4v) is 9.86. The van der Waals surface area contributed by atoms with Crippen LogP contribution in [0.3, 0.4) is 0 Å². The lowest BCUT2D eigenvalue weighted by atomic mass is 9.46. The quantitative estimate of drug-likeness (QED) is 0.265. The molecule has 0 N–H and O–H groups in total. The van der Waals surface area contributed by atoms with Gasteiger partial charge in [-0.3, -0.25) is 0 Å². The van der Waals surface area contributed by atoms with Crippen molar-refractivity contribution in [1.82, 2.24) is 0 Å². The molecule has 3 fully saturated rings. The smallest absolute Gasteiger partial charge is 0.185 e. The number of rotatable bonds is 5. The predicted molar refractivity (Wildman–Crippen MR) is 133 cm³/mol. The van der Waals surface area contributed by atoms with Gasteiger partial charge < -0.3 is 14.1 Å². The fourth-order valence-electron chi connectivity index (χ4n) is 8.33. The van der Waals surface area contributed by atoms with E-state index in [-0.39, 0.29) is 11.0 Å². The highest BCUT2D eigenvalue weighted by Gasteiger charge is 2.66. The first-order valence-corrected chi connectivity index (χ1v) is 16.0. The van der Waals surface area contributed by atoms with Crippen LogP contribution in [0.5, 0.6) is 0 Å². The summed E-state index contributed by atoms with van der Waals surface area (Å²) in [5.74, 6) is 2.21. The van der Waals surface area contributed by atoms with Crippen molar-refractivity contribution in [1.29, 1.82) is 0 Å². The fraction of sp³-hybridized carbons (Fsp3) is 0.846. The zero-order valence-electron chi connectivity index (χ0n) is 21.6. The molecule has 0 bridgehead atoms. The van der Waals surface area contributed by atoms with Gasteiger partial charge in [0.05, 0.1) is 11.4 Å². The van der Waals surface area contributed by atoms with Crippen molar-refractivity contribution in [2.45, 2.75) is 97.4 Å². The molecule has 6 atom stereocenters. The van der Waals surface area contributed by atoms with Gasteiger partial charge in [0.25, 0.3) is 0 Å². The Labute approximate surface area is 196 Å². The molecule has 4 aliphatic rings. The maximum atomic E-state index is 7.11. The molecule has 0 radical (unpaired) electrons. The molecule has 0 heterocycles. The zero-order chi connectivity index (χ0) is 23.4. The summed E-state index contributed by atoms with van der Waals surface area (Å²) in [5, 5.41) is 8.75. The van der Waals surface area contributed by atoms with Gasteiger partial charge in [0.15, 0.2) is 8.32 Å². The Balaban J connectivity index is 1.69. The van der Waals surface area contributed by atoms with Gasteiger partial charge in [-0.1, -0.05) is 29.7 Å². The van der Waals surface area contributed by atoms with Crippen LogP contribution in [-0.2, 0) is 14.1 Å². The van der Waals surface area contributed by atoms with Gasteiger partial charge in [0, 0.05) is 5.41 Å². The van der Waals surface area contributed by atoms with E-state index in [2.05, 4.69) is 56.8 Å². The summed E-state index contributed by atoms with van der Waals surface area (Å²) in [6, 6.07) is 0. The molecule has 3 unspecified atom stereocenters. The summed E-state index contributed by atoms with van der Waals surface area (Å²) in [4.78, 5) is 10.4. The Morgan fingerprint density at radius 2 is 1.69 bits per heavy atom. The standard InChI is InChI=1S/C26H44N2O3Si/c1-18(27-29-4)26(31-32(6,7)8)16-13-23-21-10-9-19-17-20(28-30-5)11-14-24(19,2)22(21)12-15-25(23,26)3/h17,21-23H,9-16H2,1-8H3/b27-18+,28-20+/t21?,22?,23?,24-,25-,26-/m0/s1. The van der Waals surface area contributed by atoms with E-state index < -0.39 is 8.32 Å². The Morgan fingerprint density at radius 3 is 2.34 bits per heavy atom. The van der Waals surface area contributed by atoms with Crippen molar-refractivity contribution in [2.24, 2.45) is 38.9 Å². The normalized spacial score (nSPS) is 43.2. The van der Waals surface area contributed by atoms with Crippen LogP contribution in [0.2, 0.25) is 19.6 Å². The lowest BCUT2D eigenvalue weighted by Crippen LogP contribution is -2.60. The number of hydrogen-bond acceptors (Lipinski definition) is 5. The summed E-state index contributed by atoms with van der Waals surface area (Å²) in [6.45, 7) is 14.2. The van der Waals surface area contributed by atoms with E-state index in [0.717, 1.165) is 36.1 Å². The summed E-state index contributed by atoms with van der Waals surface area (Å²) in [5.41, 5.74) is 3.92. The van der Waals surface area contributed by atoms with Crippen LogP contribution in [0, 0.1) is 28.6 Å². The molecule has 0 aromatic heterocycles. The van der Waals surface area contributed by atoms with E-state index in [9.17, 15) is 0 Å². The highest BCUT2D eigenvalue weighted by atomic mass is 28.4. The van der Waals surface area contributed by atoms with Crippen LogP contribution < -0.4 is 0 Å². The Hall–Kier alpha value is -1.14. The number of fused-ring (bicyclic) bond motifs is 5. The molecule has 0 amide bonds. The molecule has 4 aliphatic carbocycles. The van der Waals surface area contributed by atoms with Gasteiger partial charge in [-0.2, -0.15) is 0 Å². The van der Waals surface area contributed by atoms with Crippen LogP contribution in [0.15, 0.2) is 22.0 Å². The Morgan fingerprint density at radius 1 is 0.969 bits per heavy atom. The van der Waals surface area contributed by atoms with Gasteiger partial charge in [-0.25, -0.2) is 0 Å². The van der Waals surface area contributed by atoms with Crippen molar-refractivity contribution in [2.75, 3.05) is 14.2 Å². The Bertz CT molecular complexity index is 831. The number of hydrogen-bond donors (Lipinski definition) is 0. The van der Waals surface area contributed by atoms with Crippen LogP contribution in [-0.4, -0.2) is 39.6 Å². The SMILES string of the molecule is CO/N=C1/C=C2CCC3C(CC[C@@]4(C)C3CC[C@]4(O[Si](C)(C)C)/C(C)=N/OC)[C@@]2(C)CC1. The zero-order valence-corrected chi connectivity index (χ0v) is 22.6. The third-order valence-corrected chi connectivity index (χ3v) is 10.6. The summed E-state index contributed by atoms with van der Waals surface area (Å²) >= 11 is 0. The molecule has 6 heteroatoms. The summed E-state index contributed by atoms with van der Waals surface area (Å²) < 4.78 is 7.11. The molecule has 180 valence electrons. The molecule has 0 spiro atoms. The van der Waals surface area contributed by atoms with E-state index in [0.29, 0.717) is 11.3 Å². The third kappa shape index (κ3) is 3.60. The largest absolute Gasteiger partial charge is 0.406 e. The van der Waals surface area contributed by atoms with Crippen LogP contribution >= 0.6 is 0 Å². The highest BCUT2D eigenvalue weighted by molar-refractivity contribution is 6.70. The molecular weight excluding hydrogens is 416 g/mol. The van der Waals surface area contributed by atoms with Crippen molar-refractivity contribution in [3.63, 3.8) is 0 Å². The summed E-state index contributed by atoms with van der Waals surface area (Å²) in [7, 11) is 1.54. The molecule has 4 rings (SSSR count). The minimum absolute atomic E-state index is 0.121. The van der Waals surface area contributed by atoms with Crippen molar-refractivity contribution in [3.05, 3.63) is 11.6 Å². The van der Waals surface area contributed by atoms with E-state index in [4.69, 9.17) is 14.1 Å². The topological polar surface area (TPSA) is 52.4 Å². The molecule has 0 saturated heterocycles. The van der Waals surface area contributed by atoms with Crippen molar-refractivity contribution >= 4 is 19.7 Å². The average Bonchev–Trinajstić information content (AvgIpc) is 3.00. The monoisotopic (exact) mass is 460 g/mol. The van der Waals surface area contributed by atoms with Crippen molar-refractivity contribution in [3.8, 4) is 0 Å². The van der Waals surface area contributed by atoms with Gasteiger partial charge >= 0.3 is 0 Å². The molecule has 5 nitrogen and oxygen atoms in total. The summed E-state index contributed by atoms with van der Waals surface area (Å²) in [6.07, 6.45) is 11.9. The second-order valence-corrected chi connectivity index (χ2v) is 16.6. The molecule has 0 aliphatic heterocycles. The van der Waals surface area contributed by atoms with Gasteiger partial charge in [-0.05, 0) is 107 Å². The van der Waals surface area contributed by atoms with Crippen molar-refractivity contribution < 1.29 is 14.1 Å². The van der Waals surface area contributed by atoms with E-state index in [1.807, 2.05) is 0 Å². The van der Waals surface area contributed by atoms with Crippen LogP contribution in [0.4, 0.5) is 0 Å². The third-order valence-electron chi connectivity index (χ3n) is 9.60. The first-order valence-electron chi connectivity index (χ1n) is 12.6. The first kappa shape index (κ1) is 24.0. The van der Waals surface area contributed by atoms with E-state index in [1.54, 1.807) is 19.8 Å². The molecule has 0 aromatic rings. The minimum atomic E-state index is -1.78. The minimum Gasteiger partial charge on any atom is -0.406 e. The van der Waals surface area contributed by atoms with Crippen LogP contribution in [0.25, 0.3) is 0 Å². The number of oxime groups is 2. The predicted octanol–water partition coefficient (Wildman–Crippen LogP) is 6.56. The molecule has 0 aromatic carbocycles. The maximum Gasteiger partial charge on any atom is 0.185 e. The van der Waals surface area contributed by atoms with Crippen LogP contribution in [0.1, 0.15) is 72.1 Å². The maximum absolute atomic E-state index is 7.11. The Kier molecular flexibility index (Phi) is 6.20. The lowest BCUT2D eigenvalue weighted by molar-refractivity contribution is -0.0886. The molecule has 32 heavy (non-hydrogen) atoms. The lowest BCUT2D eigenvalue weighted by Gasteiger charge is -2.60. The number of allylic oxidation sites excluding steroid dienone is 2. The van der Waals surface area contributed by atoms with E-state index in [1.165, 1.54) is 38.5 Å². The van der Waals surface area contributed by atoms with Gasteiger partial charge in [0.2, 0.25) is 0 Å². The second kappa shape index (κ2) is 8.26.